The van der Waals surface area contributed by atoms with Gasteiger partial charge in [0.15, 0.2) is 0 Å². The molecule has 0 bridgehead atoms. The highest BCUT2D eigenvalue weighted by atomic mass is 79.9. The Morgan fingerprint density at radius 1 is 1.35 bits per heavy atom. The Labute approximate surface area is 130 Å². The van der Waals surface area contributed by atoms with E-state index in [4.69, 9.17) is 4.74 Å². The molecule has 0 saturated carbocycles. The number of hydrogen-bond acceptors (Lipinski definition) is 5. The van der Waals surface area contributed by atoms with Crippen LogP contribution in [0.4, 0.5) is 5.82 Å². The molecule has 6 heteroatoms. The Balaban J connectivity index is 1.60. The maximum Gasteiger partial charge on any atom is 0.273 e. The Hall–Kier alpha value is -1.14. The molecular formula is C14H16BrN3OS. The Morgan fingerprint density at radius 3 is 2.80 bits per heavy atom. The summed E-state index contributed by atoms with van der Waals surface area (Å²) in [5.74, 6) is 1.08. The molecule has 20 heavy (non-hydrogen) atoms. The molecule has 0 unspecified atom stereocenters. The number of pyridine rings is 1. The number of rotatable bonds is 3. The van der Waals surface area contributed by atoms with Crippen LogP contribution in [0.2, 0.25) is 0 Å². The number of aromatic nitrogens is 2. The topological polar surface area (TPSA) is 38.2 Å². The van der Waals surface area contributed by atoms with Crippen molar-refractivity contribution in [3.8, 4) is 5.19 Å². The highest BCUT2D eigenvalue weighted by Crippen LogP contribution is 2.26. The van der Waals surface area contributed by atoms with Crippen molar-refractivity contribution in [1.82, 2.24) is 9.97 Å². The molecule has 0 amide bonds. The van der Waals surface area contributed by atoms with Crippen LogP contribution in [0.15, 0.2) is 28.3 Å². The summed E-state index contributed by atoms with van der Waals surface area (Å²) in [7, 11) is 0. The van der Waals surface area contributed by atoms with Crippen LogP contribution in [0.5, 0.6) is 5.19 Å². The van der Waals surface area contributed by atoms with Crippen molar-refractivity contribution in [2.24, 2.45) is 0 Å². The van der Waals surface area contributed by atoms with Crippen LogP contribution >= 0.6 is 27.3 Å². The van der Waals surface area contributed by atoms with Crippen LogP contribution in [-0.4, -0.2) is 29.2 Å². The maximum absolute atomic E-state index is 5.88. The van der Waals surface area contributed by atoms with Gasteiger partial charge in [-0.2, -0.15) is 0 Å². The summed E-state index contributed by atoms with van der Waals surface area (Å²) in [5, 5.41) is 2.72. The van der Waals surface area contributed by atoms with Gasteiger partial charge in [-0.3, -0.25) is 0 Å². The second-order valence-corrected chi connectivity index (χ2v) is 6.67. The van der Waals surface area contributed by atoms with Gasteiger partial charge in [0, 0.05) is 48.2 Å². The lowest BCUT2D eigenvalue weighted by Crippen LogP contribution is -2.39. The van der Waals surface area contributed by atoms with Crippen molar-refractivity contribution >= 4 is 33.1 Å². The monoisotopic (exact) mass is 353 g/mol. The van der Waals surface area contributed by atoms with Crippen molar-refractivity contribution in [2.45, 2.75) is 25.9 Å². The number of aryl methyl sites for hydroxylation is 1. The van der Waals surface area contributed by atoms with E-state index in [1.165, 1.54) is 5.56 Å². The number of anilines is 1. The molecule has 0 radical (unpaired) electrons. The maximum atomic E-state index is 5.88. The lowest BCUT2D eigenvalue weighted by molar-refractivity contribution is 0.170. The second kappa shape index (κ2) is 6.10. The molecule has 0 spiro atoms. The quantitative estimate of drug-likeness (QED) is 0.843. The molecule has 1 aliphatic heterocycles. The van der Waals surface area contributed by atoms with Crippen molar-refractivity contribution in [3.05, 3.63) is 33.9 Å². The van der Waals surface area contributed by atoms with E-state index in [0.29, 0.717) is 0 Å². The van der Waals surface area contributed by atoms with E-state index in [1.54, 1.807) is 17.5 Å². The highest BCUT2D eigenvalue weighted by Gasteiger charge is 2.23. The Bertz CT molecular complexity index is 568. The third-order valence-electron chi connectivity index (χ3n) is 3.44. The zero-order valence-corrected chi connectivity index (χ0v) is 13.7. The minimum absolute atomic E-state index is 0.271. The summed E-state index contributed by atoms with van der Waals surface area (Å²) in [5.41, 5.74) is 1.21. The first-order chi connectivity index (χ1) is 9.72. The van der Waals surface area contributed by atoms with Gasteiger partial charge in [-0.05, 0) is 34.5 Å². The van der Waals surface area contributed by atoms with Gasteiger partial charge in [0.25, 0.3) is 5.19 Å². The predicted octanol–water partition coefficient (Wildman–Crippen LogP) is 3.66. The van der Waals surface area contributed by atoms with E-state index in [2.05, 4.69) is 43.8 Å². The lowest BCUT2D eigenvalue weighted by Gasteiger charge is -2.33. The molecule has 0 N–H and O–H groups in total. The lowest BCUT2D eigenvalue weighted by atomic mass is 10.1. The highest BCUT2D eigenvalue weighted by molar-refractivity contribution is 9.10. The molecule has 0 aromatic carbocycles. The first kappa shape index (κ1) is 13.8. The van der Waals surface area contributed by atoms with Gasteiger partial charge in [0.2, 0.25) is 0 Å². The fourth-order valence-electron chi connectivity index (χ4n) is 2.46. The fourth-order valence-corrected chi connectivity index (χ4v) is 3.46. The van der Waals surface area contributed by atoms with Crippen LogP contribution in [0.3, 0.4) is 0 Å². The van der Waals surface area contributed by atoms with Crippen LogP contribution < -0.4 is 9.64 Å². The number of nitrogens with zero attached hydrogens (tertiary/aromatic N) is 3. The summed E-state index contributed by atoms with van der Waals surface area (Å²) >= 11 is 5.01. The van der Waals surface area contributed by atoms with Gasteiger partial charge in [-0.25, -0.2) is 9.97 Å². The third kappa shape index (κ3) is 3.12. The van der Waals surface area contributed by atoms with Crippen LogP contribution in [-0.2, 0) is 0 Å². The third-order valence-corrected chi connectivity index (χ3v) is 4.53. The van der Waals surface area contributed by atoms with Crippen molar-refractivity contribution in [1.29, 1.82) is 0 Å². The number of halogens is 1. The molecular weight excluding hydrogens is 338 g/mol. The van der Waals surface area contributed by atoms with E-state index < -0.39 is 0 Å². The summed E-state index contributed by atoms with van der Waals surface area (Å²) in [6.45, 7) is 4.06. The van der Waals surface area contributed by atoms with Gasteiger partial charge < -0.3 is 9.64 Å². The average Bonchev–Trinajstić information content (AvgIpc) is 2.93. The zero-order valence-electron chi connectivity index (χ0n) is 11.3. The molecule has 106 valence electrons. The number of piperidine rings is 1. The van der Waals surface area contributed by atoms with E-state index in [-0.39, 0.29) is 6.10 Å². The Kier molecular flexibility index (Phi) is 4.21. The zero-order chi connectivity index (χ0) is 13.9. The largest absolute Gasteiger partial charge is 0.467 e. The first-order valence-corrected chi connectivity index (χ1v) is 8.33. The standard InChI is InChI=1S/C14H16BrN3OS/c1-10-8-11(15)9-17-13(10)18-5-2-12(3-6-18)19-14-16-4-7-20-14/h4,7-9,12H,2-3,5-6H2,1H3. The predicted molar refractivity (Wildman–Crippen MR) is 84.7 cm³/mol. The van der Waals surface area contributed by atoms with Crippen molar-refractivity contribution < 1.29 is 4.74 Å². The number of hydrogen-bond donors (Lipinski definition) is 0. The number of thiazole rings is 1. The molecule has 1 fully saturated rings. The van der Waals surface area contributed by atoms with Crippen molar-refractivity contribution in [2.75, 3.05) is 18.0 Å². The molecule has 0 atom stereocenters. The first-order valence-electron chi connectivity index (χ1n) is 6.65. The Morgan fingerprint density at radius 2 is 2.15 bits per heavy atom. The normalized spacial score (nSPS) is 16.4. The van der Waals surface area contributed by atoms with Gasteiger partial charge in [0.05, 0.1) is 0 Å². The van der Waals surface area contributed by atoms with E-state index in [0.717, 1.165) is 41.4 Å². The van der Waals surface area contributed by atoms with Crippen molar-refractivity contribution in [3.63, 3.8) is 0 Å². The molecule has 4 nitrogen and oxygen atoms in total. The summed E-state index contributed by atoms with van der Waals surface area (Å²) in [4.78, 5) is 11.0. The van der Waals surface area contributed by atoms with Gasteiger partial charge in [-0.15, -0.1) is 0 Å². The summed E-state index contributed by atoms with van der Waals surface area (Å²) in [6.07, 6.45) is 5.94. The molecule has 1 saturated heterocycles. The minimum Gasteiger partial charge on any atom is -0.467 e. The van der Waals surface area contributed by atoms with E-state index in [9.17, 15) is 0 Å². The molecule has 0 aliphatic carbocycles. The van der Waals surface area contributed by atoms with Gasteiger partial charge in [0.1, 0.15) is 11.9 Å². The van der Waals surface area contributed by atoms with E-state index >= 15 is 0 Å². The average molecular weight is 354 g/mol. The molecule has 2 aromatic heterocycles. The summed E-state index contributed by atoms with van der Waals surface area (Å²) < 4.78 is 6.91. The molecule has 3 rings (SSSR count). The van der Waals surface area contributed by atoms with Crippen LogP contribution in [0, 0.1) is 6.92 Å². The molecule has 2 aromatic rings. The van der Waals surface area contributed by atoms with Crippen LogP contribution in [0.25, 0.3) is 0 Å². The SMILES string of the molecule is Cc1cc(Br)cnc1N1CCC(Oc2nccs2)CC1. The summed E-state index contributed by atoms with van der Waals surface area (Å²) in [6, 6.07) is 2.11. The second-order valence-electron chi connectivity index (χ2n) is 4.90. The number of ether oxygens (including phenoxy) is 1. The smallest absolute Gasteiger partial charge is 0.273 e. The van der Waals surface area contributed by atoms with Gasteiger partial charge in [-0.1, -0.05) is 11.3 Å². The minimum atomic E-state index is 0.271. The van der Waals surface area contributed by atoms with Gasteiger partial charge >= 0.3 is 0 Å². The van der Waals surface area contributed by atoms with E-state index in [1.807, 2.05) is 11.6 Å². The fraction of sp³-hybridized carbons (Fsp3) is 0.429. The molecule has 3 heterocycles. The molecule has 1 aliphatic rings. The van der Waals surface area contributed by atoms with Crippen LogP contribution in [0.1, 0.15) is 18.4 Å².